The summed E-state index contributed by atoms with van der Waals surface area (Å²) in [6.07, 6.45) is 0.787. The van der Waals surface area contributed by atoms with Gasteiger partial charge in [0.25, 0.3) is 0 Å². The summed E-state index contributed by atoms with van der Waals surface area (Å²) in [6, 6.07) is 2.66. The van der Waals surface area contributed by atoms with Crippen molar-refractivity contribution in [2.45, 2.75) is 5.16 Å². The largest absolute Gasteiger partial charge is 0.457 e. The highest BCUT2D eigenvalue weighted by Gasteiger charge is 2.30. The Hall–Kier alpha value is -2.89. The minimum absolute atomic E-state index is 0.169. The number of benzene rings is 1. The Morgan fingerprint density at radius 2 is 1.88 bits per heavy atom. The molecule has 0 saturated carbocycles. The van der Waals surface area contributed by atoms with Gasteiger partial charge in [-0.15, -0.1) is 0 Å². The zero-order valence-electron chi connectivity index (χ0n) is 11.9. The Kier molecular flexibility index (Phi) is 3.75. The van der Waals surface area contributed by atoms with Crippen molar-refractivity contribution >= 4 is 21.4 Å². The number of halogens is 3. The lowest BCUT2D eigenvalue weighted by molar-refractivity contribution is -0.592. The van der Waals surface area contributed by atoms with Gasteiger partial charge < -0.3 is 4.74 Å². The first-order valence-corrected chi connectivity index (χ1v) is 7.79. The molecule has 0 radical (unpaired) electrons. The Bertz CT molecular complexity index is 1020. The van der Waals surface area contributed by atoms with Crippen LogP contribution in [0.3, 0.4) is 0 Å². The summed E-state index contributed by atoms with van der Waals surface area (Å²) in [5, 5.41) is 1.46. The first kappa shape index (κ1) is 16.0. The highest BCUT2D eigenvalue weighted by molar-refractivity contribution is 7.92. The number of para-hydroxylation sites is 1. The fraction of sp³-hybridized carbons (Fsp3) is 0.0833. The van der Waals surface area contributed by atoms with E-state index in [1.807, 2.05) is 0 Å². The Morgan fingerprint density at radius 3 is 2.50 bits per heavy atom. The molecule has 0 aliphatic rings. The van der Waals surface area contributed by atoms with E-state index < -0.39 is 44.0 Å². The molecule has 0 unspecified atom stereocenters. The normalized spacial score (nSPS) is 11.7. The van der Waals surface area contributed by atoms with Crippen LogP contribution in [0.4, 0.5) is 18.9 Å². The Morgan fingerprint density at radius 1 is 1.21 bits per heavy atom. The maximum Gasteiger partial charge on any atom is 0.457 e. The molecule has 2 aromatic heterocycles. The topological polar surface area (TPSA) is 101 Å². The van der Waals surface area contributed by atoms with E-state index in [2.05, 4.69) is 15.1 Å². The summed E-state index contributed by atoms with van der Waals surface area (Å²) in [5.41, 5.74) is -1.30. The standard InChI is InChI=1S/C12H8F3N5O3S/c1-23-12-16-5-8(15)10-17-11(18-20(10)12)24(21,22)19-9-6(13)3-2-4-7(9)14/h2-5,19H,1H3/p+1. The Balaban J connectivity index is 2.11. The molecular formula is C12H9F3N5O3S+. The molecule has 0 fully saturated rings. The van der Waals surface area contributed by atoms with Crippen molar-refractivity contribution in [1.82, 2.24) is 15.1 Å². The third-order valence-corrected chi connectivity index (χ3v) is 4.12. The number of nitrogens with zero attached hydrogens (tertiary/aromatic N) is 3. The summed E-state index contributed by atoms with van der Waals surface area (Å²) in [6.45, 7) is 0. The highest BCUT2D eigenvalue weighted by atomic mass is 32.2. The third-order valence-electron chi connectivity index (χ3n) is 2.96. The molecule has 0 saturated heterocycles. The van der Waals surface area contributed by atoms with Gasteiger partial charge in [0.1, 0.15) is 23.5 Å². The summed E-state index contributed by atoms with van der Waals surface area (Å²) in [4.78, 5) is 7.16. The number of sulfonamides is 1. The minimum atomic E-state index is -4.53. The van der Waals surface area contributed by atoms with Crippen LogP contribution < -0.4 is 14.0 Å². The zero-order chi connectivity index (χ0) is 17.5. The van der Waals surface area contributed by atoms with Crippen molar-refractivity contribution in [3.05, 3.63) is 41.8 Å². The van der Waals surface area contributed by atoms with Gasteiger partial charge >= 0.3 is 26.8 Å². The predicted molar refractivity (Wildman–Crippen MR) is 73.2 cm³/mol. The smallest absolute Gasteiger partial charge is 0.443 e. The quantitative estimate of drug-likeness (QED) is 0.670. The van der Waals surface area contributed by atoms with E-state index in [9.17, 15) is 21.6 Å². The first-order chi connectivity index (χ1) is 11.3. The van der Waals surface area contributed by atoms with Gasteiger partial charge in [0.2, 0.25) is 5.82 Å². The molecular weight excluding hydrogens is 351 g/mol. The molecule has 0 aliphatic heterocycles. The van der Waals surface area contributed by atoms with Crippen LogP contribution in [0.5, 0.6) is 6.01 Å². The maximum absolute atomic E-state index is 13.7. The predicted octanol–water partition coefficient (Wildman–Crippen LogP) is 0.770. The van der Waals surface area contributed by atoms with Crippen LogP contribution in [0.15, 0.2) is 29.6 Å². The van der Waals surface area contributed by atoms with Gasteiger partial charge in [0.05, 0.1) is 7.11 Å². The summed E-state index contributed by atoms with van der Waals surface area (Å²) in [5.74, 6) is -3.16. The number of anilines is 1. The van der Waals surface area contributed by atoms with E-state index in [4.69, 9.17) is 4.74 Å². The summed E-state index contributed by atoms with van der Waals surface area (Å²) >= 11 is 0. The summed E-state index contributed by atoms with van der Waals surface area (Å²) < 4.78 is 72.8. The van der Waals surface area contributed by atoms with Gasteiger partial charge in [-0.25, -0.2) is 8.78 Å². The molecule has 8 nitrogen and oxygen atoms in total. The number of fused-ring (bicyclic) bond motifs is 1. The van der Waals surface area contributed by atoms with Crippen molar-refractivity contribution in [2.75, 3.05) is 11.8 Å². The van der Waals surface area contributed by atoms with Crippen LogP contribution in [-0.2, 0) is 10.0 Å². The van der Waals surface area contributed by atoms with E-state index in [0.717, 1.165) is 28.9 Å². The number of nitrogens with one attached hydrogen (secondary N) is 2. The van der Waals surface area contributed by atoms with E-state index in [1.54, 1.807) is 4.72 Å². The molecule has 12 heteroatoms. The number of methoxy groups -OCH3 is 1. The van der Waals surface area contributed by atoms with Gasteiger partial charge in [0.15, 0.2) is 0 Å². The Labute approximate surface area is 133 Å². The van der Waals surface area contributed by atoms with Crippen molar-refractivity contribution in [3.63, 3.8) is 0 Å². The number of H-pyrrole nitrogens is 1. The first-order valence-electron chi connectivity index (χ1n) is 6.30. The SMILES string of the molecule is COc1ncc(F)c2nc(S(=O)(=O)Nc3c(F)cccc3F)[nH][n+]12. The van der Waals surface area contributed by atoms with Crippen LogP contribution in [0.1, 0.15) is 0 Å². The maximum atomic E-state index is 13.7. The highest BCUT2D eigenvalue weighted by Crippen LogP contribution is 2.21. The van der Waals surface area contributed by atoms with Gasteiger partial charge in [-0.1, -0.05) is 20.5 Å². The molecule has 0 atom stereocenters. The number of rotatable bonds is 4. The molecule has 3 rings (SSSR count). The van der Waals surface area contributed by atoms with Gasteiger partial charge in [-0.3, -0.25) is 4.72 Å². The van der Waals surface area contributed by atoms with Crippen LogP contribution in [-0.4, -0.2) is 30.6 Å². The van der Waals surface area contributed by atoms with Crippen molar-refractivity contribution in [3.8, 4) is 6.01 Å². The van der Waals surface area contributed by atoms with Gasteiger partial charge in [0, 0.05) is 0 Å². The van der Waals surface area contributed by atoms with E-state index in [1.165, 1.54) is 7.11 Å². The molecule has 3 aromatic rings. The van der Waals surface area contributed by atoms with Crippen LogP contribution >= 0.6 is 0 Å². The van der Waals surface area contributed by atoms with E-state index >= 15 is 0 Å². The monoisotopic (exact) mass is 360 g/mol. The second kappa shape index (κ2) is 5.63. The van der Waals surface area contributed by atoms with Crippen molar-refractivity contribution < 1.29 is 30.8 Å². The molecule has 0 amide bonds. The molecule has 0 aliphatic carbocycles. The average molecular weight is 360 g/mol. The minimum Gasteiger partial charge on any atom is -0.443 e. The lowest BCUT2D eigenvalue weighted by atomic mass is 10.3. The molecule has 2 N–H and O–H groups in total. The fourth-order valence-corrected chi connectivity index (χ4v) is 2.87. The third kappa shape index (κ3) is 2.60. The van der Waals surface area contributed by atoms with Gasteiger partial charge in [-0.2, -0.15) is 17.9 Å². The zero-order valence-corrected chi connectivity index (χ0v) is 12.7. The average Bonchev–Trinajstić information content (AvgIpc) is 2.99. The lowest BCUT2D eigenvalue weighted by Crippen LogP contribution is -2.29. The number of aromatic amines is 1. The number of hydrogen-bond acceptors (Lipinski definition) is 5. The second-order valence-electron chi connectivity index (χ2n) is 4.48. The van der Waals surface area contributed by atoms with Gasteiger partial charge in [-0.05, 0) is 12.1 Å². The molecule has 0 spiro atoms. The number of ether oxygens (including phenoxy) is 1. The number of aromatic nitrogens is 4. The molecule has 0 bridgehead atoms. The molecule has 2 heterocycles. The van der Waals surface area contributed by atoms with Crippen LogP contribution in [0.25, 0.3) is 5.65 Å². The van der Waals surface area contributed by atoms with Crippen LogP contribution in [0, 0.1) is 17.5 Å². The van der Waals surface area contributed by atoms with Crippen LogP contribution in [0.2, 0.25) is 0 Å². The molecule has 24 heavy (non-hydrogen) atoms. The second-order valence-corrected chi connectivity index (χ2v) is 6.08. The molecule has 1 aromatic carbocycles. The summed E-state index contributed by atoms with van der Waals surface area (Å²) in [7, 11) is -3.30. The number of hydrogen-bond donors (Lipinski definition) is 2. The van der Waals surface area contributed by atoms with E-state index in [-0.39, 0.29) is 6.01 Å². The fourth-order valence-electron chi connectivity index (χ4n) is 1.89. The van der Waals surface area contributed by atoms with E-state index in [0.29, 0.717) is 0 Å². The van der Waals surface area contributed by atoms with Crippen molar-refractivity contribution in [2.24, 2.45) is 0 Å². The van der Waals surface area contributed by atoms with Crippen molar-refractivity contribution in [1.29, 1.82) is 0 Å². The lowest BCUT2D eigenvalue weighted by Gasteiger charge is -2.06. The molecule has 126 valence electrons.